The van der Waals surface area contributed by atoms with Crippen molar-refractivity contribution >= 4 is 33.2 Å². The van der Waals surface area contributed by atoms with Crippen molar-refractivity contribution in [2.45, 2.75) is 17.6 Å². The lowest BCUT2D eigenvalue weighted by Gasteiger charge is -2.11. The van der Waals surface area contributed by atoms with Crippen LogP contribution in [0.15, 0.2) is 77.7 Å². The number of benzene rings is 3. The van der Waals surface area contributed by atoms with Crippen LogP contribution in [0.5, 0.6) is 0 Å². The normalized spacial score (nSPS) is 11.7. The Bertz CT molecular complexity index is 1200. The monoisotopic (exact) mass is 468 g/mol. The van der Waals surface area contributed by atoms with Crippen LogP contribution in [0.2, 0.25) is 5.02 Å². The second-order valence-corrected chi connectivity index (χ2v) is 8.58. The van der Waals surface area contributed by atoms with Gasteiger partial charge in [-0.25, -0.2) is 8.42 Å². The summed E-state index contributed by atoms with van der Waals surface area (Å²) < 4.78 is 65.7. The summed E-state index contributed by atoms with van der Waals surface area (Å²) in [5.41, 5.74) is -0.151. The van der Waals surface area contributed by atoms with Crippen molar-refractivity contribution in [1.82, 2.24) is 5.32 Å². The van der Waals surface area contributed by atoms with E-state index in [9.17, 15) is 26.4 Å². The Morgan fingerprint density at radius 1 is 0.935 bits per heavy atom. The van der Waals surface area contributed by atoms with E-state index in [0.29, 0.717) is 0 Å². The van der Waals surface area contributed by atoms with Gasteiger partial charge in [0.1, 0.15) is 0 Å². The van der Waals surface area contributed by atoms with E-state index in [4.69, 9.17) is 11.6 Å². The van der Waals surface area contributed by atoms with Crippen LogP contribution in [0.1, 0.15) is 21.5 Å². The van der Waals surface area contributed by atoms with E-state index < -0.39 is 27.7 Å². The largest absolute Gasteiger partial charge is 0.416 e. The fourth-order valence-electron chi connectivity index (χ4n) is 2.68. The standard InChI is InChI=1S/C21H16ClF3N2O3S/c22-18-6-1-2-7-19(18)27-31(29,30)17-10-8-15(9-11-17)20(28)26-13-14-4-3-5-16(12-14)21(23,24)25/h1-12,27H,13H2,(H,26,28). The maximum atomic E-state index is 12.8. The molecule has 2 N–H and O–H groups in total. The van der Waals surface area contributed by atoms with Gasteiger partial charge in [-0.2, -0.15) is 13.2 Å². The highest BCUT2D eigenvalue weighted by Gasteiger charge is 2.30. The molecule has 0 aliphatic carbocycles. The number of halogens is 4. The Labute approximate surface area is 181 Å². The molecule has 0 saturated heterocycles. The van der Waals surface area contributed by atoms with Crippen molar-refractivity contribution in [2.75, 3.05) is 4.72 Å². The van der Waals surface area contributed by atoms with E-state index in [1.807, 2.05) is 0 Å². The topological polar surface area (TPSA) is 75.3 Å². The maximum Gasteiger partial charge on any atom is 0.416 e. The molecule has 0 unspecified atom stereocenters. The van der Waals surface area contributed by atoms with Crippen LogP contribution < -0.4 is 10.0 Å². The highest BCUT2D eigenvalue weighted by Crippen LogP contribution is 2.29. The van der Waals surface area contributed by atoms with Gasteiger partial charge in [-0.3, -0.25) is 9.52 Å². The van der Waals surface area contributed by atoms with E-state index in [-0.39, 0.29) is 33.3 Å². The molecule has 0 atom stereocenters. The minimum Gasteiger partial charge on any atom is -0.348 e. The first-order chi connectivity index (χ1) is 14.6. The minimum atomic E-state index is -4.47. The Morgan fingerprint density at radius 3 is 2.26 bits per heavy atom. The molecule has 0 aliphatic heterocycles. The molecule has 10 heteroatoms. The van der Waals surface area contributed by atoms with Crippen LogP contribution in [-0.4, -0.2) is 14.3 Å². The fourth-order valence-corrected chi connectivity index (χ4v) is 3.99. The number of carbonyl (C=O) groups excluding carboxylic acids is 1. The highest BCUT2D eigenvalue weighted by atomic mass is 35.5. The molecule has 0 saturated carbocycles. The third-order valence-electron chi connectivity index (χ3n) is 4.25. The average Bonchev–Trinajstić information content (AvgIpc) is 2.73. The SMILES string of the molecule is O=C(NCc1cccc(C(F)(F)F)c1)c1ccc(S(=O)(=O)Nc2ccccc2Cl)cc1. The van der Waals surface area contributed by atoms with Crippen LogP contribution in [0.25, 0.3) is 0 Å². The average molecular weight is 469 g/mol. The maximum absolute atomic E-state index is 12.8. The van der Waals surface area contributed by atoms with E-state index in [1.165, 1.54) is 48.5 Å². The molecule has 3 aromatic carbocycles. The van der Waals surface area contributed by atoms with E-state index in [1.54, 1.807) is 12.1 Å². The molecule has 0 aromatic heterocycles. The molecule has 0 aliphatic rings. The van der Waals surface area contributed by atoms with E-state index in [2.05, 4.69) is 10.0 Å². The Hall–Kier alpha value is -3.04. The summed E-state index contributed by atoms with van der Waals surface area (Å²) in [6.45, 7) is -0.114. The zero-order chi connectivity index (χ0) is 22.6. The smallest absolute Gasteiger partial charge is 0.348 e. The molecule has 0 radical (unpaired) electrons. The Morgan fingerprint density at radius 2 is 1.61 bits per heavy atom. The number of anilines is 1. The third-order valence-corrected chi connectivity index (χ3v) is 5.96. The number of alkyl halides is 3. The van der Waals surface area contributed by atoms with Gasteiger partial charge in [-0.15, -0.1) is 0 Å². The van der Waals surface area contributed by atoms with Crippen molar-refractivity contribution in [3.63, 3.8) is 0 Å². The predicted octanol–water partition coefficient (Wildman–Crippen LogP) is 5.09. The molecule has 3 aromatic rings. The summed E-state index contributed by atoms with van der Waals surface area (Å²) in [5.74, 6) is -0.555. The number of rotatable bonds is 6. The first-order valence-electron chi connectivity index (χ1n) is 8.88. The first-order valence-corrected chi connectivity index (χ1v) is 10.7. The second-order valence-electron chi connectivity index (χ2n) is 6.49. The number of amides is 1. The lowest BCUT2D eigenvalue weighted by Crippen LogP contribution is -2.23. The lowest BCUT2D eigenvalue weighted by atomic mass is 10.1. The van der Waals surface area contributed by atoms with Crippen LogP contribution in [0.3, 0.4) is 0 Å². The predicted molar refractivity (Wildman–Crippen MR) is 111 cm³/mol. The number of hydrogen-bond acceptors (Lipinski definition) is 3. The van der Waals surface area contributed by atoms with Gasteiger partial charge in [0.15, 0.2) is 0 Å². The van der Waals surface area contributed by atoms with Gasteiger partial charge in [0.05, 0.1) is 21.2 Å². The molecular weight excluding hydrogens is 453 g/mol. The van der Waals surface area contributed by atoms with Gasteiger partial charge >= 0.3 is 6.18 Å². The Kier molecular flexibility index (Phi) is 6.56. The molecule has 3 rings (SSSR count). The van der Waals surface area contributed by atoms with Crippen molar-refractivity contribution < 1.29 is 26.4 Å². The molecule has 1 amide bonds. The van der Waals surface area contributed by atoms with Crippen molar-refractivity contribution in [3.05, 3.63) is 94.5 Å². The van der Waals surface area contributed by atoms with Gasteiger partial charge in [-0.1, -0.05) is 35.9 Å². The van der Waals surface area contributed by atoms with Crippen molar-refractivity contribution in [1.29, 1.82) is 0 Å². The molecule has 5 nitrogen and oxygen atoms in total. The summed E-state index contributed by atoms with van der Waals surface area (Å²) in [5, 5.41) is 2.74. The summed E-state index contributed by atoms with van der Waals surface area (Å²) in [6, 6.07) is 16.1. The molecule has 31 heavy (non-hydrogen) atoms. The summed E-state index contributed by atoms with van der Waals surface area (Å²) in [6.07, 6.45) is -4.47. The molecule has 162 valence electrons. The zero-order valence-electron chi connectivity index (χ0n) is 15.8. The molecule has 0 fully saturated rings. The first kappa shape index (κ1) is 22.6. The van der Waals surface area contributed by atoms with Gasteiger partial charge in [0.2, 0.25) is 0 Å². The summed E-state index contributed by atoms with van der Waals surface area (Å²) in [7, 11) is -3.93. The summed E-state index contributed by atoms with van der Waals surface area (Å²) >= 11 is 5.96. The van der Waals surface area contributed by atoms with E-state index >= 15 is 0 Å². The number of carbonyl (C=O) groups is 1. The van der Waals surface area contributed by atoms with Gasteiger partial charge in [-0.05, 0) is 54.1 Å². The van der Waals surface area contributed by atoms with E-state index in [0.717, 1.165) is 12.1 Å². The molecule has 0 bridgehead atoms. The fraction of sp³-hybridized carbons (Fsp3) is 0.0952. The number of hydrogen-bond donors (Lipinski definition) is 2. The molecule has 0 spiro atoms. The number of para-hydroxylation sites is 1. The Balaban J connectivity index is 1.67. The van der Waals surface area contributed by atoms with Crippen LogP contribution in [0, 0.1) is 0 Å². The second kappa shape index (κ2) is 8.99. The summed E-state index contributed by atoms with van der Waals surface area (Å²) in [4.78, 5) is 12.2. The van der Waals surface area contributed by atoms with Crippen LogP contribution in [0.4, 0.5) is 18.9 Å². The minimum absolute atomic E-state index is 0.0816. The third kappa shape index (κ3) is 5.77. The van der Waals surface area contributed by atoms with Gasteiger partial charge in [0.25, 0.3) is 15.9 Å². The highest BCUT2D eigenvalue weighted by molar-refractivity contribution is 7.92. The zero-order valence-corrected chi connectivity index (χ0v) is 17.4. The quantitative estimate of drug-likeness (QED) is 0.529. The lowest BCUT2D eigenvalue weighted by molar-refractivity contribution is -0.137. The number of nitrogens with one attached hydrogen (secondary N) is 2. The van der Waals surface area contributed by atoms with Crippen LogP contribution in [-0.2, 0) is 22.7 Å². The van der Waals surface area contributed by atoms with Crippen LogP contribution >= 0.6 is 11.6 Å². The molecule has 0 heterocycles. The van der Waals surface area contributed by atoms with Crippen molar-refractivity contribution in [2.24, 2.45) is 0 Å². The van der Waals surface area contributed by atoms with Crippen molar-refractivity contribution in [3.8, 4) is 0 Å². The van der Waals surface area contributed by atoms with Gasteiger partial charge < -0.3 is 5.32 Å². The molecular formula is C21H16ClF3N2O3S. The number of sulfonamides is 1. The van der Waals surface area contributed by atoms with Gasteiger partial charge in [0, 0.05) is 12.1 Å².